The lowest BCUT2D eigenvalue weighted by molar-refractivity contribution is 0.211. The zero-order valence-electron chi connectivity index (χ0n) is 18.5. The Hall–Kier alpha value is -2.21. The van der Waals surface area contributed by atoms with E-state index in [9.17, 15) is 9.67 Å². The largest absolute Gasteiger partial charge is 0.493 e. The van der Waals surface area contributed by atoms with Crippen LogP contribution in [-0.2, 0) is 9.09 Å². The lowest BCUT2D eigenvalue weighted by atomic mass is 10.2. The Labute approximate surface area is 179 Å². The molecule has 8 heteroatoms. The summed E-state index contributed by atoms with van der Waals surface area (Å²) in [5.41, 5.74) is 1.32. The summed E-state index contributed by atoms with van der Waals surface area (Å²) in [6.07, 6.45) is 1.63. The fourth-order valence-electron chi connectivity index (χ4n) is 3.04. The van der Waals surface area contributed by atoms with E-state index in [1.165, 1.54) is 21.3 Å². The maximum Gasteiger partial charge on any atom is 0.264 e. The molecule has 0 radical (unpaired) electrons. The molecule has 2 aromatic carbocycles. The zero-order chi connectivity index (χ0) is 22.3. The molecule has 0 aliphatic carbocycles. The summed E-state index contributed by atoms with van der Waals surface area (Å²) in [6, 6.07) is 10.4. The van der Waals surface area contributed by atoms with Gasteiger partial charge in [-0.1, -0.05) is 13.3 Å². The first-order chi connectivity index (χ1) is 14.3. The summed E-state index contributed by atoms with van der Waals surface area (Å²) >= 11 is 0. The van der Waals surface area contributed by atoms with Crippen molar-refractivity contribution >= 4 is 18.4 Å². The molecule has 0 fully saturated rings. The molecule has 2 rings (SSSR count). The molecule has 1 N–H and O–H groups in total. The predicted octanol–water partition coefficient (Wildman–Crippen LogP) is 4.19. The van der Waals surface area contributed by atoms with Crippen LogP contribution in [0.4, 0.5) is 5.69 Å². The van der Waals surface area contributed by atoms with Crippen molar-refractivity contribution in [2.24, 2.45) is 0 Å². The van der Waals surface area contributed by atoms with E-state index < -0.39 is 13.2 Å². The second kappa shape index (κ2) is 10.7. The number of aliphatic hydroxyl groups excluding tert-OH is 1. The van der Waals surface area contributed by atoms with Gasteiger partial charge in [-0.3, -0.25) is 4.57 Å². The normalized spacial score (nSPS) is 14.0. The zero-order valence-corrected chi connectivity index (χ0v) is 19.4. The van der Waals surface area contributed by atoms with Gasteiger partial charge in [0.05, 0.1) is 27.9 Å². The molecule has 0 aliphatic rings. The standard InChI is InChI=1S/C22H32NO6P/c1-7-8-13-29-30(25,18-11-9-17(10-12-18)23(2)3)22(24)16-14-19(26-4)21(28-6)20(15-16)27-5/h9-12,14-15,22,24H,7-8,13H2,1-6H3/t22-,30-/m1/s1. The van der Waals surface area contributed by atoms with Crippen LogP contribution in [0.1, 0.15) is 31.2 Å². The van der Waals surface area contributed by atoms with Crippen LogP contribution in [0.15, 0.2) is 36.4 Å². The van der Waals surface area contributed by atoms with E-state index in [-0.39, 0.29) is 6.61 Å². The molecule has 30 heavy (non-hydrogen) atoms. The highest BCUT2D eigenvalue weighted by Gasteiger charge is 2.37. The SMILES string of the molecule is CCCCO[P@](=O)(c1ccc(N(C)C)cc1)[C@@H](O)c1cc(OC)c(OC)c(OC)c1. The number of rotatable bonds is 11. The summed E-state index contributed by atoms with van der Waals surface area (Å²) in [4.78, 5) is 1.95. The molecule has 0 aliphatic heterocycles. The molecule has 0 heterocycles. The first-order valence-corrected chi connectivity index (χ1v) is 11.5. The van der Waals surface area contributed by atoms with E-state index >= 15 is 0 Å². The Balaban J connectivity index is 2.54. The molecule has 0 amide bonds. The number of hydrogen-bond acceptors (Lipinski definition) is 7. The highest BCUT2D eigenvalue weighted by Crippen LogP contribution is 2.59. The summed E-state index contributed by atoms with van der Waals surface area (Å²) in [6.45, 7) is 2.31. The molecule has 166 valence electrons. The molecule has 0 aromatic heterocycles. The molecular formula is C22H32NO6P. The van der Waals surface area contributed by atoms with Gasteiger partial charge in [-0.05, 0) is 48.4 Å². The van der Waals surface area contributed by atoms with Gasteiger partial charge in [0.2, 0.25) is 5.75 Å². The van der Waals surface area contributed by atoms with Crippen LogP contribution >= 0.6 is 7.37 Å². The Morgan fingerprint density at radius 3 is 2.00 bits per heavy atom. The van der Waals surface area contributed by atoms with Gasteiger partial charge in [-0.2, -0.15) is 0 Å². The number of hydrogen-bond donors (Lipinski definition) is 1. The summed E-state index contributed by atoms with van der Waals surface area (Å²) in [5, 5.41) is 11.7. The lowest BCUT2D eigenvalue weighted by Gasteiger charge is -2.26. The van der Waals surface area contributed by atoms with E-state index in [4.69, 9.17) is 18.7 Å². The van der Waals surface area contributed by atoms with E-state index in [1.807, 2.05) is 38.1 Å². The fourth-order valence-corrected chi connectivity index (χ4v) is 5.12. The van der Waals surface area contributed by atoms with Crippen molar-refractivity contribution < 1.29 is 28.4 Å². The van der Waals surface area contributed by atoms with Gasteiger partial charge in [0.1, 0.15) is 0 Å². The number of ether oxygens (including phenoxy) is 3. The minimum absolute atomic E-state index is 0.282. The smallest absolute Gasteiger partial charge is 0.264 e. The Bertz CT molecular complexity index is 843. The van der Waals surface area contributed by atoms with Gasteiger partial charge in [0, 0.05) is 25.1 Å². The highest BCUT2D eigenvalue weighted by molar-refractivity contribution is 7.67. The maximum absolute atomic E-state index is 14.0. The van der Waals surface area contributed by atoms with Crippen LogP contribution in [0.3, 0.4) is 0 Å². The number of anilines is 1. The predicted molar refractivity (Wildman–Crippen MR) is 120 cm³/mol. The topological polar surface area (TPSA) is 77.5 Å². The Morgan fingerprint density at radius 1 is 1.00 bits per heavy atom. The first-order valence-electron chi connectivity index (χ1n) is 9.82. The minimum atomic E-state index is -3.66. The number of benzene rings is 2. The van der Waals surface area contributed by atoms with Crippen molar-refractivity contribution in [3.05, 3.63) is 42.0 Å². The van der Waals surface area contributed by atoms with Crippen molar-refractivity contribution in [2.45, 2.75) is 25.6 Å². The molecule has 7 nitrogen and oxygen atoms in total. The average Bonchev–Trinajstić information content (AvgIpc) is 2.77. The number of aliphatic hydroxyl groups is 1. The summed E-state index contributed by atoms with van der Waals surface area (Å²) in [7, 11) is 4.67. The summed E-state index contributed by atoms with van der Waals surface area (Å²) in [5.74, 6) is -0.260. The molecular weight excluding hydrogens is 405 g/mol. The van der Waals surface area contributed by atoms with E-state index in [2.05, 4.69) is 0 Å². The van der Waals surface area contributed by atoms with E-state index in [1.54, 1.807) is 24.3 Å². The number of nitrogens with zero attached hydrogens (tertiary/aromatic N) is 1. The van der Waals surface area contributed by atoms with Crippen molar-refractivity contribution in [3.63, 3.8) is 0 Å². The number of methoxy groups -OCH3 is 3. The highest BCUT2D eigenvalue weighted by atomic mass is 31.2. The van der Waals surface area contributed by atoms with Crippen LogP contribution in [0.5, 0.6) is 17.2 Å². The summed E-state index contributed by atoms with van der Waals surface area (Å²) < 4.78 is 36.0. The van der Waals surface area contributed by atoms with Crippen LogP contribution < -0.4 is 24.4 Å². The number of unbranched alkanes of at least 4 members (excludes halogenated alkanes) is 1. The van der Waals surface area contributed by atoms with Gasteiger partial charge < -0.3 is 28.7 Å². The van der Waals surface area contributed by atoms with Gasteiger partial charge in [0.25, 0.3) is 7.37 Å². The van der Waals surface area contributed by atoms with Crippen LogP contribution in [0.2, 0.25) is 0 Å². The van der Waals surface area contributed by atoms with Gasteiger partial charge in [-0.25, -0.2) is 0 Å². The minimum Gasteiger partial charge on any atom is -0.493 e. The van der Waals surface area contributed by atoms with Crippen molar-refractivity contribution in [2.75, 3.05) is 46.9 Å². The molecule has 0 saturated heterocycles. The fraction of sp³-hybridized carbons (Fsp3) is 0.455. The molecule has 0 spiro atoms. The van der Waals surface area contributed by atoms with Gasteiger partial charge in [-0.15, -0.1) is 0 Å². The average molecular weight is 437 g/mol. The third-order valence-corrected chi connectivity index (χ3v) is 7.34. The second-order valence-electron chi connectivity index (χ2n) is 7.03. The lowest BCUT2D eigenvalue weighted by Crippen LogP contribution is -2.16. The van der Waals surface area contributed by atoms with Gasteiger partial charge >= 0.3 is 0 Å². The van der Waals surface area contributed by atoms with E-state index in [0.29, 0.717) is 28.1 Å². The monoisotopic (exact) mass is 437 g/mol. The Morgan fingerprint density at radius 2 is 1.57 bits per heavy atom. The first kappa shape index (κ1) is 24.1. The second-order valence-corrected chi connectivity index (χ2v) is 9.48. The third-order valence-electron chi connectivity index (χ3n) is 4.81. The van der Waals surface area contributed by atoms with Crippen LogP contribution in [0.25, 0.3) is 0 Å². The maximum atomic E-state index is 14.0. The molecule has 2 atom stereocenters. The van der Waals surface area contributed by atoms with Crippen molar-refractivity contribution in [1.29, 1.82) is 0 Å². The molecule has 0 bridgehead atoms. The van der Waals surface area contributed by atoms with E-state index in [0.717, 1.165) is 18.5 Å². The molecule has 0 unspecified atom stereocenters. The van der Waals surface area contributed by atoms with Crippen LogP contribution in [-0.4, -0.2) is 47.1 Å². The molecule has 0 saturated carbocycles. The third kappa shape index (κ3) is 5.09. The Kier molecular flexibility index (Phi) is 8.59. The molecule has 2 aromatic rings. The quantitative estimate of drug-likeness (QED) is 0.417. The van der Waals surface area contributed by atoms with Crippen molar-refractivity contribution in [3.8, 4) is 17.2 Å². The van der Waals surface area contributed by atoms with Crippen LogP contribution in [0, 0.1) is 0 Å². The van der Waals surface area contributed by atoms with Crippen molar-refractivity contribution in [1.82, 2.24) is 0 Å². The van der Waals surface area contributed by atoms with Gasteiger partial charge in [0.15, 0.2) is 17.3 Å².